The highest BCUT2D eigenvalue weighted by atomic mass is 32.2. The zero-order chi connectivity index (χ0) is 20.1. The van der Waals surface area contributed by atoms with E-state index in [1.165, 1.54) is 5.56 Å². The van der Waals surface area contributed by atoms with E-state index >= 15 is 0 Å². The molecule has 0 atom stereocenters. The molecule has 0 saturated carbocycles. The Balaban J connectivity index is 1.30. The van der Waals surface area contributed by atoms with Gasteiger partial charge in [0.25, 0.3) is 5.82 Å². The summed E-state index contributed by atoms with van der Waals surface area (Å²) >= 11 is 0. The number of H-pyrrole nitrogens is 1. The number of rotatable bonds is 6. The standard InChI is InChI=1S/C22H28N4O2S/c27-29(28,26-13-4-5-14-26)21-10-11-22(23-19-21)25-17-15-24(16-18-25)12-6-9-20-7-2-1-3-8-20/h1-3,6-11,19H,4-5,12-18H2/p+2/b9-6+. The van der Waals surface area contributed by atoms with E-state index in [9.17, 15) is 8.42 Å². The number of quaternary nitrogens is 1. The second-order valence-electron chi connectivity index (χ2n) is 7.78. The van der Waals surface area contributed by atoms with Crippen molar-refractivity contribution in [2.75, 3.05) is 50.7 Å². The van der Waals surface area contributed by atoms with Crippen LogP contribution in [-0.4, -0.2) is 58.5 Å². The highest BCUT2D eigenvalue weighted by molar-refractivity contribution is 7.89. The van der Waals surface area contributed by atoms with Gasteiger partial charge in [0.15, 0.2) is 0 Å². The van der Waals surface area contributed by atoms with Gasteiger partial charge in [-0.15, -0.1) is 0 Å². The van der Waals surface area contributed by atoms with E-state index in [-0.39, 0.29) is 0 Å². The van der Waals surface area contributed by atoms with Gasteiger partial charge in [-0.3, -0.25) is 4.90 Å². The Morgan fingerprint density at radius 1 is 0.966 bits per heavy atom. The first-order valence-corrected chi connectivity index (χ1v) is 11.9. The normalized spacial score (nSPS) is 19.2. The maximum absolute atomic E-state index is 12.7. The molecule has 2 aliphatic rings. The lowest BCUT2D eigenvalue weighted by atomic mass is 10.2. The molecule has 2 N–H and O–H groups in total. The van der Waals surface area contributed by atoms with Gasteiger partial charge in [0.2, 0.25) is 10.0 Å². The van der Waals surface area contributed by atoms with Crippen molar-refractivity contribution < 1.29 is 18.3 Å². The molecule has 2 aliphatic heterocycles. The summed E-state index contributed by atoms with van der Waals surface area (Å²) in [7, 11) is -3.36. The number of aromatic amines is 1. The molecule has 2 fully saturated rings. The molecule has 6 nitrogen and oxygen atoms in total. The molecular formula is C22H30N4O2S+2. The Morgan fingerprint density at radius 2 is 1.69 bits per heavy atom. The van der Waals surface area contributed by atoms with Crippen LogP contribution in [0.25, 0.3) is 6.08 Å². The van der Waals surface area contributed by atoms with Crippen LogP contribution in [0.4, 0.5) is 5.82 Å². The molecule has 0 amide bonds. The minimum Gasteiger partial charge on any atom is -0.325 e. The average Bonchev–Trinajstić information content (AvgIpc) is 3.31. The van der Waals surface area contributed by atoms with Crippen LogP contribution in [0.1, 0.15) is 18.4 Å². The van der Waals surface area contributed by atoms with Gasteiger partial charge in [-0.1, -0.05) is 36.4 Å². The van der Waals surface area contributed by atoms with Crippen molar-refractivity contribution >= 4 is 21.9 Å². The Hall–Kier alpha value is -2.22. The summed E-state index contributed by atoms with van der Waals surface area (Å²) in [6.07, 6.45) is 7.99. The Labute approximate surface area is 173 Å². The molecule has 7 heteroatoms. The molecule has 0 aliphatic carbocycles. The maximum Gasteiger partial charge on any atom is 0.274 e. The first-order chi connectivity index (χ1) is 14.1. The summed E-state index contributed by atoms with van der Waals surface area (Å²) in [5.74, 6) is 0.990. The predicted octanol–water partition coefficient (Wildman–Crippen LogP) is 0.704. The zero-order valence-corrected chi connectivity index (χ0v) is 17.6. The molecule has 4 rings (SSSR count). The number of nitrogens with zero attached hydrogens (tertiary/aromatic N) is 2. The third-order valence-electron chi connectivity index (χ3n) is 5.80. The molecule has 0 bridgehead atoms. The van der Waals surface area contributed by atoms with Crippen molar-refractivity contribution in [1.82, 2.24) is 4.31 Å². The SMILES string of the molecule is O=S(=O)(c1ccc(N2CC[NH+](C/C=C/c3ccccc3)CC2)[nH+]c1)N1CCCC1. The lowest BCUT2D eigenvalue weighted by molar-refractivity contribution is -0.894. The molecule has 0 spiro atoms. The minimum absolute atomic E-state index is 0.360. The van der Waals surface area contributed by atoms with Crippen LogP contribution in [0.5, 0.6) is 0 Å². The second-order valence-corrected chi connectivity index (χ2v) is 9.71. The topological polar surface area (TPSA) is 59.2 Å². The van der Waals surface area contributed by atoms with Gasteiger partial charge in [0, 0.05) is 19.2 Å². The largest absolute Gasteiger partial charge is 0.325 e. The van der Waals surface area contributed by atoms with E-state index in [2.05, 4.69) is 46.3 Å². The summed E-state index contributed by atoms with van der Waals surface area (Å²) in [6, 6.07) is 14.0. The number of hydrogen-bond donors (Lipinski definition) is 1. The summed E-state index contributed by atoms with van der Waals surface area (Å²) in [5, 5.41) is 0. The molecule has 3 heterocycles. The molecule has 154 valence electrons. The number of benzene rings is 1. The lowest BCUT2D eigenvalue weighted by Crippen LogP contribution is -3.14. The molecule has 0 radical (unpaired) electrons. The fourth-order valence-electron chi connectivity index (χ4n) is 4.03. The molecule has 1 aromatic carbocycles. The van der Waals surface area contributed by atoms with E-state index in [0.29, 0.717) is 18.0 Å². The van der Waals surface area contributed by atoms with E-state index < -0.39 is 10.0 Å². The second kappa shape index (κ2) is 9.07. The maximum atomic E-state index is 12.7. The minimum atomic E-state index is -3.36. The van der Waals surface area contributed by atoms with Crippen LogP contribution in [0.3, 0.4) is 0 Å². The van der Waals surface area contributed by atoms with E-state index in [4.69, 9.17) is 0 Å². The number of nitrogens with one attached hydrogen (secondary N) is 2. The molecule has 0 unspecified atom stereocenters. The number of aromatic nitrogens is 1. The van der Waals surface area contributed by atoms with Crippen molar-refractivity contribution in [3.8, 4) is 0 Å². The summed E-state index contributed by atoms with van der Waals surface area (Å²) in [4.78, 5) is 7.45. The van der Waals surface area contributed by atoms with Gasteiger partial charge >= 0.3 is 0 Å². The number of pyridine rings is 1. The van der Waals surface area contributed by atoms with Gasteiger partial charge < -0.3 is 4.90 Å². The Kier molecular flexibility index (Phi) is 6.28. The van der Waals surface area contributed by atoms with Gasteiger partial charge in [-0.05, 0) is 30.5 Å². The van der Waals surface area contributed by atoms with Gasteiger partial charge in [-0.25, -0.2) is 13.4 Å². The van der Waals surface area contributed by atoms with Crippen molar-refractivity contribution in [3.63, 3.8) is 0 Å². The number of anilines is 1. The molecule has 29 heavy (non-hydrogen) atoms. The first-order valence-electron chi connectivity index (χ1n) is 10.4. The quantitative estimate of drug-likeness (QED) is 0.757. The number of sulfonamides is 1. The van der Waals surface area contributed by atoms with Gasteiger partial charge in [-0.2, -0.15) is 4.31 Å². The average molecular weight is 415 g/mol. The van der Waals surface area contributed by atoms with Crippen LogP contribution in [0, 0.1) is 0 Å². The number of piperazine rings is 1. The molecule has 1 aromatic heterocycles. The van der Waals surface area contributed by atoms with E-state index in [1.54, 1.807) is 21.5 Å². The van der Waals surface area contributed by atoms with Crippen LogP contribution in [-0.2, 0) is 10.0 Å². The Bertz CT molecular complexity index is 915. The van der Waals surface area contributed by atoms with Gasteiger partial charge in [0.05, 0.1) is 6.54 Å². The van der Waals surface area contributed by atoms with Crippen molar-refractivity contribution in [2.45, 2.75) is 17.7 Å². The fourth-order valence-corrected chi connectivity index (χ4v) is 5.52. The zero-order valence-electron chi connectivity index (χ0n) is 16.8. The molecular weight excluding hydrogens is 384 g/mol. The highest BCUT2D eigenvalue weighted by Gasteiger charge is 2.29. The van der Waals surface area contributed by atoms with E-state index in [0.717, 1.165) is 51.4 Å². The van der Waals surface area contributed by atoms with Gasteiger partial charge in [0.1, 0.15) is 37.3 Å². The van der Waals surface area contributed by atoms with Crippen LogP contribution < -0.4 is 14.8 Å². The van der Waals surface area contributed by atoms with Crippen molar-refractivity contribution in [1.29, 1.82) is 0 Å². The Morgan fingerprint density at radius 3 is 2.34 bits per heavy atom. The first kappa shape index (κ1) is 20.1. The van der Waals surface area contributed by atoms with Crippen molar-refractivity contribution in [2.24, 2.45) is 0 Å². The third-order valence-corrected chi connectivity index (χ3v) is 7.69. The predicted molar refractivity (Wildman–Crippen MR) is 114 cm³/mol. The van der Waals surface area contributed by atoms with Crippen molar-refractivity contribution in [3.05, 3.63) is 60.3 Å². The number of hydrogen-bond acceptors (Lipinski definition) is 3. The molecule has 2 aromatic rings. The summed E-state index contributed by atoms with van der Waals surface area (Å²) in [6.45, 7) is 6.36. The monoisotopic (exact) mass is 414 g/mol. The van der Waals surface area contributed by atoms with Crippen LogP contribution in [0.2, 0.25) is 0 Å². The summed E-state index contributed by atoms with van der Waals surface area (Å²) < 4.78 is 26.9. The van der Waals surface area contributed by atoms with Crippen LogP contribution in [0.15, 0.2) is 59.6 Å². The van der Waals surface area contributed by atoms with E-state index in [1.807, 2.05) is 12.1 Å². The highest BCUT2D eigenvalue weighted by Crippen LogP contribution is 2.20. The smallest absolute Gasteiger partial charge is 0.274 e. The summed E-state index contributed by atoms with van der Waals surface area (Å²) in [5.41, 5.74) is 1.24. The fraction of sp³-hybridized carbons (Fsp3) is 0.409. The van der Waals surface area contributed by atoms with Crippen LogP contribution >= 0.6 is 0 Å². The molecule has 2 saturated heterocycles. The lowest BCUT2D eigenvalue weighted by Gasteiger charge is -2.27. The third kappa shape index (κ3) is 4.86.